The van der Waals surface area contributed by atoms with Gasteiger partial charge in [0, 0.05) is 5.92 Å². The van der Waals surface area contributed by atoms with Crippen LogP contribution in [0.4, 0.5) is 0 Å². The van der Waals surface area contributed by atoms with Crippen LogP contribution in [0.25, 0.3) is 0 Å². The Balaban J connectivity index is 1.81. The van der Waals surface area contributed by atoms with E-state index >= 15 is 0 Å². The summed E-state index contributed by atoms with van der Waals surface area (Å²) < 4.78 is 5.41. The summed E-state index contributed by atoms with van der Waals surface area (Å²) >= 11 is 0. The molecule has 0 amide bonds. The molecule has 2 atom stereocenters. The van der Waals surface area contributed by atoms with Crippen LogP contribution >= 0.6 is 0 Å². The highest BCUT2D eigenvalue weighted by Gasteiger charge is 2.26. The number of nitrogens with two attached hydrogens (primary N) is 1. The number of fused-ring (bicyclic) bond motifs is 1. The van der Waals surface area contributed by atoms with E-state index in [0.717, 1.165) is 37.9 Å². The monoisotopic (exact) mass is 285 g/mol. The zero-order chi connectivity index (χ0) is 14.7. The number of hydrogen-bond donors (Lipinski definition) is 1. The van der Waals surface area contributed by atoms with Crippen LogP contribution in [0.3, 0.4) is 0 Å². The molecule has 0 spiro atoms. The number of rotatable bonds is 5. The van der Waals surface area contributed by atoms with Gasteiger partial charge in [-0.3, -0.25) is 0 Å². The lowest BCUT2D eigenvalue weighted by Crippen LogP contribution is -2.13. The molecule has 0 fully saturated rings. The Morgan fingerprint density at radius 2 is 2.24 bits per heavy atom. The second kappa shape index (κ2) is 6.39. The number of unbranched alkanes of at least 4 members (excludes halogenated alkanes) is 1. The second-order valence-corrected chi connectivity index (χ2v) is 5.88. The maximum Gasteiger partial charge on any atom is 0.243 e. The minimum Gasteiger partial charge on any atom is -0.338 e. The van der Waals surface area contributed by atoms with Crippen molar-refractivity contribution in [2.24, 2.45) is 5.73 Å². The Morgan fingerprint density at radius 3 is 3.10 bits per heavy atom. The first-order chi connectivity index (χ1) is 10.3. The van der Waals surface area contributed by atoms with Gasteiger partial charge < -0.3 is 10.3 Å². The molecule has 1 aromatic carbocycles. The molecular formula is C17H23N3O. The SMILES string of the molecule is CCCC[C@H](N)c1nc(C2CCCc3ccccc32)no1. The summed E-state index contributed by atoms with van der Waals surface area (Å²) in [5.41, 5.74) is 8.88. The van der Waals surface area contributed by atoms with Crippen molar-refractivity contribution in [3.63, 3.8) is 0 Å². The van der Waals surface area contributed by atoms with E-state index in [2.05, 4.69) is 41.3 Å². The fourth-order valence-electron chi connectivity index (χ4n) is 3.11. The van der Waals surface area contributed by atoms with Crippen molar-refractivity contribution >= 4 is 0 Å². The maximum atomic E-state index is 6.12. The van der Waals surface area contributed by atoms with Crippen molar-refractivity contribution in [2.45, 2.75) is 57.4 Å². The lowest BCUT2D eigenvalue weighted by molar-refractivity contribution is 0.340. The van der Waals surface area contributed by atoms with Crippen molar-refractivity contribution in [1.82, 2.24) is 10.1 Å². The van der Waals surface area contributed by atoms with Crippen LogP contribution in [0.2, 0.25) is 0 Å². The molecule has 0 saturated heterocycles. The Labute approximate surface area is 125 Å². The van der Waals surface area contributed by atoms with Crippen LogP contribution in [-0.2, 0) is 6.42 Å². The van der Waals surface area contributed by atoms with Crippen LogP contribution in [0.5, 0.6) is 0 Å². The third-order valence-corrected chi connectivity index (χ3v) is 4.32. The van der Waals surface area contributed by atoms with E-state index in [1.54, 1.807) is 0 Å². The molecule has 1 aliphatic rings. The van der Waals surface area contributed by atoms with Gasteiger partial charge in [-0.1, -0.05) is 49.2 Å². The highest BCUT2D eigenvalue weighted by molar-refractivity contribution is 5.36. The van der Waals surface area contributed by atoms with Crippen LogP contribution in [0, 0.1) is 0 Å². The lowest BCUT2D eigenvalue weighted by Gasteiger charge is -2.22. The Hall–Kier alpha value is -1.68. The van der Waals surface area contributed by atoms with Gasteiger partial charge in [-0.15, -0.1) is 0 Å². The van der Waals surface area contributed by atoms with Crippen molar-refractivity contribution in [1.29, 1.82) is 0 Å². The fourth-order valence-corrected chi connectivity index (χ4v) is 3.11. The Bertz CT molecular complexity index is 593. The zero-order valence-corrected chi connectivity index (χ0v) is 12.6. The van der Waals surface area contributed by atoms with Gasteiger partial charge in [0.25, 0.3) is 0 Å². The first-order valence-corrected chi connectivity index (χ1v) is 7.96. The molecule has 0 bridgehead atoms. The molecular weight excluding hydrogens is 262 g/mol. The van der Waals surface area contributed by atoms with E-state index < -0.39 is 0 Å². The summed E-state index contributed by atoms with van der Waals surface area (Å²) in [6.07, 6.45) is 6.52. The van der Waals surface area contributed by atoms with E-state index in [4.69, 9.17) is 10.3 Å². The standard InChI is InChI=1S/C17H23N3O/c1-2-3-11-15(18)17-19-16(20-21-17)14-10-6-8-12-7-4-5-9-13(12)14/h4-5,7,9,14-15H,2-3,6,8,10-11,18H2,1H3/t14?,15-/m0/s1. The molecule has 4 nitrogen and oxygen atoms in total. The molecule has 3 rings (SSSR count). The summed E-state index contributed by atoms with van der Waals surface area (Å²) in [5, 5.41) is 4.20. The molecule has 0 aliphatic heterocycles. The quantitative estimate of drug-likeness (QED) is 0.909. The summed E-state index contributed by atoms with van der Waals surface area (Å²) in [6.45, 7) is 2.16. The fraction of sp³-hybridized carbons (Fsp3) is 0.529. The van der Waals surface area contributed by atoms with Crippen molar-refractivity contribution in [3.05, 3.63) is 47.1 Å². The number of benzene rings is 1. The summed E-state index contributed by atoms with van der Waals surface area (Å²) in [5.74, 6) is 1.64. The molecule has 1 heterocycles. The van der Waals surface area contributed by atoms with Gasteiger partial charge in [-0.05, 0) is 36.8 Å². The van der Waals surface area contributed by atoms with Crippen LogP contribution < -0.4 is 5.73 Å². The van der Waals surface area contributed by atoms with Crippen molar-refractivity contribution in [3.8, 4) is 0 Å². The lowest BCUT2D eigenvalue weighted by atomic mass is 9.82. The maximum absolute atomic E-state index is 6.12. The zero-order valence-electron chi connectivity index (χ0n) is 12.6. The Kier molecular flexibility index (Phi) is 4.34. The van der Waals surface area contributed by atoms with E-state index in [1.807, 2.05) is 0 Å². The molecule has 2 N–H and O–H groups in total. The second-order valence-electron chi connectivity index (χ2n) is 5.88. The number of aromatic nitrogens is 2. The minimum absolute atomic E-state index is 0.134. The molecule has 1 aliphatic carbocycles. The van der Waals surface area contributed by atoms with Gasteiger partial charge >= 0.3 is 0 Å². The van der Waals surface area contributed by atoms with Crippen LogP contribution in [0.15, 0.2) is 28.8 Å². The Morgan fingerprint density at radius 1 is 1.38 bits per heavy atom. The first-order valence-electron chi connectivity index (χ1n) is 7.96. The van der Waals surface area contributed by atoms with Crippen LogP contribution in [0.1, 0.15) is 73.8 Å². The van der Waals surface area contributed by atoms with Gasteiger partial charge in [-0.25, -0.2) is 0 Å². The predicted octanol–water partition coefficient (Wildman–Crippen LogP) is 3.73. The van der Waals surface area contributed by atoms with E-state index in [0.29, 0.717) is 5.89 Å². The van der Waals surface area contributed by atoms with E-state index in [9.17, 15) is 0 Å². The number of hydrogen-bond acceptors (Lipinski definition) is 4. The average Bonchev–Trinajstić information content (AvgIpc) is 3.02. The van der Waals surface area contributed by atoms with Gasteiger partial charge in [0.1, 0.15) is 0 Å². The molecule has 112 valence electrons. The highest BCUT2D eigenvalue weighted by atomic mass is 16.5. The predicted molar refractivity (Wildman–Crippen MR) is 82.0 cm³/mol. The third-order valence-electron chi connectivity index (χ3n) is 4.32. The average molecular weight is 285 g/mol. The smallest absolute Gasteiger partial charge is 0.243 e. The summed E-state index contributed by atoms with van der Waals surface area (Å²) in [4.78, 5) is 4.58. The van der Waals surface area contributed by atoms with Gasteiger partial charge in [0.15, 0.2) is 5.82 Å². The minimum atomic E-state index is -0.134. The summed E-state index contributed by atoms with van der Waals surface area (Å²) in [7, 11) is 0. The molecule has 4 heteroatoms. The number of aryl methyl sites for hydroxylation is 1. The molecule has 0 radical (unpaired) electrons. The highest BCUT2D eigenvalue weighted by Crippen LogP contribution is 2.35. The number of nitrogens with zero attached hydrogens (tertiary/aromatic N) is 2. The van der Waals surface area contributed by atoms with Crippen LogP contribution in [-0.4, -0.2) is 10.1 Å². The molecule has 2 aromatic rings. The molecule has 1 unspecified atom stereocenters. The van der Waals surface area contributed by atoms with E-state index in [-0.39, 0.29) is 12.0 Å². The van der Waals surface area contributed by atoms with Crippen molar-refractivity contribution < 1.29 is 4.52 Å². The van der Waals surface area contributed by atoms with Gasteiger partial charge in [0.2, 0.25) is 5.89 Å². The van der Waals surface area contributed by atoms with Gasteiger partial charge in [0.05, 0.1) is 6.04 Å². The first kappa shape index (κ1) is 14.3. The molecule has 0 saturated carbocycles. The van der Waals surface area contributed by atoms with E-state index in [1.165, 1.54) is 17.5 Å². The largest absolute Gasteiger partial charge is 0.338 e. The molecule has 21 heavy (non-hydrogen) atoms. The summed E-state index contributed by atoms with van der Waals surface area (Å²) in [6, 6.07) is 8.45. The normalized spacial score (nSPS) is 19.2. The molecule has 1 aromatic heterocycles. The topological polar surface area (TPSA) is 64.9 Å². The van der Waals surface area contributed by atoms with Crippen molar-refractivity contribution in [2.75, 3.05) is 0 Å². The van der Waals surface area contributed by atoms with Gasteiger partial charge in [-0.2, -0.15) is 4.98 Å². The third kappa shape index (κ3) is 3.00.